The monoisotopic (exact) mass is 277 g/mol. The van der Waals surface area contributed by atoms with Crippen molar-refractivity contribution >= 4 is 5.91 Å². The number of hydrogen-bond donors (Lipinski definition) is 2. The van der Waals surface area contributed by atoms with Crippen molar-refractivity contribution in [2.24, 2.45) is 0 Å². The molecule has 0 unspecified atom stereocenters. The number of nitrogens with zero attached hydrogens (tertiary/aromatic N) is 1. The highest BCUT2D eigenvalue weighted by Gasteiger charge is 2.35. The lowest BCUT2D eigenvalue weighted by Crippen LogP contribution is -2.49. The molecule has 0 atom stereocenters. The second-order valence-corrected chi connectivity index (χ2v) is 6.37. The van der Waals surface area contributed by atoms with Gasteiger partial charge in [-0.05, 0) is 38.5 Å². The van der Waals surface area contributed by atoms with E-state index in [0.717, 1.165) is 25.7 Å². The zero-order valence-electron chi connectivity index (χ0n) is 12.4. The van der Waals surface area contributed by atoms with E-state index in [2.05, 4.69) is 16.7 Å². The Kier molecular flexibility index (Phi) is 5.85. The van der Waals surface area contributed by atoms with E-state index >= 15 is 0 Å². The summed E-state index contributed by atoms with van der Waals surface area (Å²) in [7, 11) is 0. The third-order valence-corrected chi connectivity index (χ3v) is 4.71. The molecule has 2 aliphatic carbocycles. The van der Waals surface area contributed by atoms with Crippen LogP contribution in [0.4, 0.5) is 0 Å². The topological polar surface area (TPSA) is 64.9 Å². The highest BCUT2D eigenvalue weighted by atomic mass is 16.2. The van der Waals surface area contributed by atoms with Crippen LogP contribution in [-0.2, 0) is 4.79 Å². The Hall–Kier alpha value is -1.08. The van der Waals surface area contributed by atoms with Gasteiger partial charge < -0.3 is 10.6 Å². The molecule has 0 radical (unpaired) electrons. The number of carbonyl (C=O) groups is 1. The van der Waals surface area contributed by atoms with Crippen LogP contribution in [0.15, 0.2) is 0 Å². The third kappa shape index (κ3) is 4.49. The van der Waals surface area contributed by atoms with E-state index in [1.807, 2.05) is 0 Å². The van der Waals surface area contributed by atoms with Gasteiger partial charge in [-0.1, -0.05) is 32.1 Å². The highest BCUT2D eigenvalue weighted by Crippen LogP contribution is 2.28. The van der Waals surface area contributed by atoms with E-state index in [4.69, 9.17) is 0 Å². The molecular weight excluding hydrogens is 250 g/mol. The van der Waals surface area contributed by atoms with E-state index in [-0.39, 0.29) is 5.91 Å². The van der Waals surface area contributed by atoms with Gasteiger partial charge in [0.25, 0.3) is 0 Å². The number of nitriles is 1. The molecule has 2 saturated carbocycles. The van der Waals surface area contributed by atoms with Crippen LogP contribution < -0.4 is 10.6 Å². The number of amides is 1. The molecule has 1 amide bonds. The summed E-state index contributed by atoms with van der Waals surface area (Å²) >= 11 is 0. The molecule has 20 heavy (non-hydrogen) atoms. The van der Waals surface area contributed by atoms with E-state index < -0.39 is 5.54 Å². The van der Waals surface area contributed by atoms with Crippen molar-refractivity contribution in [3.8, 4) is 6.07 Å². The lowest BCUT2D eigenvalue weighted by Gasteiger charge is -2.24. The van der Waals surface area contributed by atoms with Gasteiger partial charge in [-0.3, -0.25) is 4.79 Å². The minimum Gasteiger partial charge on any atom is -0.337 e. The Labute approximate surface area is 122 Å². The van der Waals surface area contributed by atoms with Crippen LogP contribution in [-0.4, -0.2) is 24.0 Å². The van der Waals surface area contributed by atoms with Crippen molar-refractivity contribution < 1.29 is 4.79 Å². The van der Waals surface area contributed by atoms with Crippen molar-refractivity contribution in [1.29, 1.82) is 5.26 Å². The van der Waals surface area contributed by atoms with Gasteiger partial charge in [0.2, 0.25) is 5.91 Å². The van der Waals surface area contributed by atoms with Gasteiger partial charge >= 0.3 is 0 Å². The first-order valence-electron chi connectivity index (χ1n) is 8.20. The molecule has 0 heterocycles. The summed E-state index contributed by atoms with van der Waals surface area (Å²) in [5, 5.41) is 15.6. The average molecular weight is 277 g/mol. The summed E-state index contributed by atoms with van der Waals surface area (Å²) in [6, 6.07) is 2.78. The van der Waals surface area contributed by atoms with Gasteiger partial charge in [0, 0.05) is 6.04 Å². The normalized spacial score (nSPS) is 23.6. The second kappa shape index (κ2) is 7.64. The molecule has 0 saturated heterocycles. The molecule has 2 rings (SSSR count). The Morgan fingerprint density at radius 1 is 1.05 bits per heavy atom. The maximum absolute atomic E-state index is 12.0. The largest absolute Gasteiger partial charge is 0.337 e. The average Bonchev–Trinajstić information content (AvgIpc) is 2.86. The summed E-state index contributed by atoms with van der Waals surface area (Å²) in [5.74, 6) is -0.0180. The fourth-order valence-electron chi connectivity index (χ4n) is 3.45. The van der Waals surface area contributed by atoms with E-state index in [1.165, 1.54) is 44.9 Å². The van der Waals surface area contributed by atoms with Gasteiger partial charge in [-0.25, -0.2) is 0 Å². The summed E-state index contributed by atoms with van der Waals surface area (Å²) in [5.41, 5.74) is -0.584. The minimum absolute atomic E-state index is 0.0180. The van der Waals surface area contributed by atoms with Crippen LogP contribution in [0.5, 0.6) is 0 Å². The molecular formula is C16H27N3O. The Morgan fingerprint density at radius 3 is 2.25 bits per heavy atom. The molecule has 0 aromatic heterocycles. The van der Waals surface area contributed by atoms with Gasteiger partial charge in [-0.15, -0.1) is 0 Å². The fraction of sp³-hybridized carbons (Fsp3) is 0.875. The summed E-state index contributed by atoms with van der Waals surface area (Å²) < 4.78 is 0. The predicted molar refractivity (Wildman–Crippen MR) is 79.1 cm³/mol. The maximum Gasteiger partial charge on any atom is 0.235 e. The molecule has 2 aliphatic rings. The van der Waals surface area contributed by atoms with E-state index in [0.29, 0.717) is 12.6 Å². The molecule has 4 nitrogen and oxygen atoms in total. The van der Waals surface area contributed by atoms with Crippen molar-refractivity contribution in [3.63, 3.8) is 0 Å². The first-order chi connectivity index (χ1) is 9.74. The second-order valence-electron chi connectivity index (χ2n) is 6.37. The van der Waals surface area contributed by atoms with Crippen LogP contribution >= 0.6 is 0 Å². The van der Waals surface area contributed by atoms with Gasteiger partial charge in [-0.2, -0.15) is 5.26 Å². The lowest BCUT2D eigenvalue weighted by molar-refractivity contribution is -0.121. The lowest BCUT2D eigenvalue weighted by atomic mass is 9.96. The Balaban J connectivity index is 1.72. The Morgan fingerprint density at radius 2 is 1.65 bits per heavy atom. The molecule has 112 valence electrons. The van der Waals surface area contributed by atoms with Crippen LogP contribution in [0.2, 0.25) is 0 Å². The van der Waals surface area contributed by atoms with Crippen molar-refractivity contribution in [2.75, 3.05) is 6.54 Å². The SMILES string of the molecule is N#CC1(NC(=O)CNC2CCCCCCC2)CCCC1. The molecule has 0 spiro atoms. The summed E-state index contributed by atoms with van der Waals surface area (Å²) in [4.78, 5) is 12.0. The minimum atomic E-state index is -0.584. The molecule has 0 aromatic carbocycles. The standard InChI is InChI=1S/C16H27N3O/c17-13-16(10-6-7-11-16)19-15(20)12-18-14-8-4-2-1-3-5-9-14/h14,18H,1-12H2,(H,19,20). The summed E-state index contributed by atoms with van der Waals surface area (Å²) in [6.45, 7) is 0.355. The number of hydrogen-bond acceptors (Lipinski definition) is 3. The highest BCUT2D eigenvalue weighted by molar-refractivity contribution is 5.79. The molecule has 2 fully saturated rings. The maximum atomic E-state index is 12.0. The van der Waals surface area contributed by atoms with Gasteiger partial charge in [0.1, 0.15) is 5.54 Å². The molecule has 0 aliphatic heterocycles. The number of nitrogens with one attached hydrogen (secondary N) is 2. The van der Waals surface area contributed by atoms with E-state index in [1.54, 1.807) is 0 Å². The molecule has 0 aromatic rings. The summed E-state index contributed by atoms with van der Waals surface area (Å²) in [6.07, 6.45) is 12.6. The quantitative estimate of drug-likeness (QED) is 0.830. The molecule has 4 heteroatoms. The Bertz CT molecular complexity index is 347. The van der Waals surface area contributed by atoms with Crippen molar-refractivity contribution in [2.45, 2.75) is 82.2 Å². The zero-order valence-corrected chi connectivity index (χ0v) is 12.4. The van der Waals surface area contributed by atoms with Crippen LogP contribution in [0.25, 0.3) is 0 Å². The molecule has 2 N–H and O–H groups in total. The molecule has 0 bridgehead atoms. The number of rotatable bonds is 4. The van der Waals surface area contributed by atoms with Crippen molar-refractivity contribution in [1.82, 2.24) is 10.6 Å². The number of carbonyl (C=O) groups excluding carboxylic acids is 1. The zero-order chi connectivity index (χ0) is 14.3. The van der Waals surface area contributed by atoms with Crippen molar-refractivity contribution in [3.05, 3.63) is 0 Å². The van der Waals surface area contributed by atoms with Crippen LogP contribution in [0.3, 0.4) is 0 Å². The first-order valence-corrected chi connectivity index (χ1v) is 8.20. The first kappa shape index (κ1) is 15.3. The van der Waals surface area contributed by atoms with E-state index in [9.17, 15) is 10.1 Å². The third-order valence-electron chi connectivity index (χ3n) is 4.71. The fourth-order valence-corrected chi connectivity index (χ4v) is 3.45. The smallest absolute Gasteiger partial charge is 0.235 e. The van der Waals surface area contributed by atoms with Gasteiger partial charge in [0.15, 0.2) is 0 Å². The predicted octanol–water partition coefficient (Wildman–Crippen LogP) is 2.64. The van der Waals surface area contributed by atoms with Gasteiger partial charge in [0.05, 0.1) is 12.6 Å². The van der Waals surface area contributed by atoms with Crippen LogP contribution in [0.1, 0.15) is 70.6 Å². The van der Waals surface area contributed by atoms with Crippen LogP contribution in [0, 0.1) is 11.3 Å².